The summed E-state index contributed by atoms with van der Waals surface area (Å²) in [7, 11) is 3.15. The molecule has 1 aromatic rings. The van der Waals surface area contributed by atoms with E-state index in [2.05, 4.69) is 4.90 Å². The molecular weight excluding hydrogens is 364 g/mol. The summed E-state index contributed by atoms with van der Waals surface area (Å²) in [6, 6.07) is 5.39. The van der Waals surface area contributed by atoms with Gasteiger partial charge in [-0.05, 0) is 31.5 Å². The number of morpholine rings is 1. The van der Waals surface area contributed by atoms with E-state index in [1.807, 2.05) is 6.07 Å². The lowest BCUT2D eigenvalue weighted by Gasteiger charge is -2.28. The number of nitrogens with zero attached hydrogens (tertiary/aromatic N) is 2. The Morgan fingerprint density at radius 2 is 1.93 bits per heavy atom. The summed E-state index contributed by atoms with van der Waals surface area (Å²) in [6.07, 6.45) is 0.747. The van der Waals surface area contributed by atoms with Crippen molar-refractivity contribution in [1.29, 1.82) is 0 Å². The number of ether oxygens (including phenoxy) is 4. The van der Waals surface area contributed by atoms with Gasteiger partial charge in [0.15, 0.2) is 0 Å². The molecule has 8 nitrogen and oxygen atoms in total. The summed E-state index contributed by atoms with van der Waals surface area (Å²) in [4.78, 5) is 28.4. The van der Waals surface area contributed by atoms with Gasteiger partial charge in [0.05, 0.1) is 34.0 Å². The van der Waals surface area contributed by atoms with Crippen LogP contribution in [0.1, 0.15) is 18.9 Å². The first-order valence-corrected chi connectivity index (χ1v) is 9.56. The average molecular weight is 394 g/mol. The minimum Gasteiger partial charge on any atom is -0.497 e. The highest BCUT2D eigenvalue weighted by atomic mass is 16.5. The fourth-order valence-corrected chi connectivity index (χ4v) is 3.10. The van der Waals surface area contributed by atoms with Crippen molar-refractivity contribution in [3.63, 3.8) is 0 Å². The SMILES string of the molecule is CCOC(=O)C(=O)N(CCCN1CCOCC1)Cc1cc(OC)ccc1OC. The van der Waals surface area contributed by atoms with Crippen LogP contribution in [0.15, 0.2) is 18.2 Å². The van der Waals surface area contributed by atoms with E-state index >= 15 is 0 Å². The van der Waals surface area contributed by atoms with Crippen LogP contribution in [0.5, 0.6) is 11.5 Å². The smallest absolute Gasteiger partial charge is 0.397 e. The summed E-state index contributed by atoms with van der Waals surface area (Å²) in [5.74, 6) is -0.187. The summed E-state index contributed by atoms with van der Waals surface area (Å²) in [6.45, 7) is 6.58. The third kappa shape index (κ3) is 6.38. The number of hydrogen-bond acceptors (Lipinski definition) is 7. The molecule has 1 fully saturated rings. The number of hydrogen-bond donors (Lipinski definition) is 0. The average Bonchev–Trinajstić information content (AvgIpc) is 2.73. The Kier molecular flexibility index (Phi) is 9.03. The maximum absolute atomic E-state index is 12.6. The van der Waals surface area contributed by atoms with E-state index in [4.69, 9.17) is 18.9 Å². The van der Waals surface area contributed by atoms with Crippen LogP contribution in [0.4, 0.5) is 0 Å². The Balaban J connectivity index is 2.08. The van der Waals surface area contributed by atoms with Crippen LogP contribution in [0, 0.1) is 0 Å². The minimum absolute atomic E-state index is 0.161. The molecule has 1 aliphatic rings. The number of methoxy groups -OCH3 is 2. The molecule has 0 spiro atoms. The molecule has 1 heterocycles. The number of carbonyl (C=O) groups excluding carboxylic acids is 2. The van der Waals surface area contributed by atoms with Crippen molar-refractivity contribution in [2.75, 3.05) is 60.2 Å². The molecule has 8 heteroatoms. The highest BCUT2D eigenvalue weighted by Gasteiger charge is 2.24. The van der Waals surface area contributed by atoms with Crippen LogP contribution in [0.3, 0.4) is 0 Å². The van der Waals surface area contributed by atoms with Gasteiger partial charge >= 0.3 is 11.9 Å². The zero-order valence-electron chi connectivity index (χ0n) is 16.9. The van der Waals surface area contributed by atoms with Crippen molar-refractivity contribution in [2.24, 2.45) is 0 Å². The molecule has 0 aliphatic carbocycles. The van der Waals surface area contributed by atoms with Gasteiger partial charge < -0.3 is 23.8 Å². The van der Waals surface area contributed by atoms with E-state index in [1.165, 1.54) is 4.90 Å². The molecule has 1 amide bonds. The molecule has 1 aliphatic heterocycles. The fourth-order valence-electron chi connectivity index (χ4n) is 3.10. The first-order valence-electron chi connectivity index (χ1n) is 9.56. The van der Waals surface area contributed by atoms with E-state index in [9.17, 15) is 9.59 Å². The molecule has 0 saturated carbocycles. The molecule has 1 saturated heterocycles. The standard InChI is InChI=1S/C20H30N2O6/c1-4-28-20(24)19(23)22(9-5-8-21-10-12-27-13-11-21)15-16-14-17(25-2)6-7-18(16)26-3/h6-7,14H,4-5,8-13,15H2,1-3H3. The van der Waals surface area contributed by atoms with E-state index in [1.54, 1.807) is 33.3 Å². The van der Waals surface area contributed by atoms with Gasteiger partial charge in [0.1, 0.15) is 11.5 Å². The van der Waals surface area contributed by atoms with Gasteiger partial charge in [0.2, 0.25) is 0 Å². The Morgan fingerprint density at radius 1 is 1.18 bits per heavy atom. The number of benzene rings is 1. The molecule has 0 bridgehead atoms. The van der Waals surface area contributed by atoms with Gasteiger partial charge in [-0.3, -0.25) is 9.69 Å². The van der Waals surface area contributed by atoms with E-state index in [-0.39, 0.29) is 13.2 Å². The molecule has 0 radical (unpaired) electrons. The van der Waals surface area contributed by atoms with Crippen molar-refractivity contribution in [3.8, 4) is 11.5 Å². The predicted octanol–water partition coefficient (Wildman–Crippen LogP) is 1.32. The third-order valence-electron chi connectivity index (χ3n) is 4.59. The Bertz CT molecular complexity index is 646. The number of amides is 1. The lowest BCUT2D eigenvalue weighted by molar-refractivity contribution is -0.160. The quantitative estimate of drug-likeness (QED) is 0.462. The van der Waals surface area contributed by atoms with Crippen molar-refractivity contribution < 1.29 is 28.5 Å². The Morgan fingerprint density at radius 3 is 2.57 bits per heavy atom. The van der Waals surface area contributed by atoms with Gasteiger partial charge in [-0.1, -0.05) is 0 Å². The predicted molar refractivity (Wildman–Crippen MR) is 103 cm³/mol. The van der Waals surface area contributed by atoms with Gasteiger partial charge in [0, 0.05) is 38.3 Å². The summed E-state index contributed by atoms with van der Waals surface area (Å²) < 4.78 is 20.9. The van der Waals surface area contributed by atoms with Gasteiger partial charge in [-0.25, -0.2) is 4.79 Å². The topological polar surface area (TPSA) is 77.5 Å². The zero-order chi connectivity index (χ0) is 20.4. The number of rotatable bonds is 9. The van der Waals surface area contributed by atoms with E-state index in [0.29, 0.717) is 18.0 Å². The monoisotopic (exact) mass is 394 g/mol. The van der Waals surface area contributed by atoms with Crippen molar-refractivity contribution in [3.05, 3.63) is 23.8 Å². The van der Waals surface area contributed by atoms with Gasteiger partial charge in [0.25, 0.3) is 0 Å². The van der Waals surface area contributed by atoms with Crippen LogP contribution in [-0.2, 0) is 25.6 Å². The lowest BCUT2D eigenvalue weighted by Crippen LogP contribution is -2.41. The largest absolute Gasteiger partial charge is 0.497 e. The molecule has 0 atom stereocenters. The highest BCUT2D eigenvalue weighted by Crippen LogP contribution is 2.25. The second-order valence-corrected chi connectivity index (χ2v) is 6.43. The molecule has 0 aromatic heterocycles. The molecule has 0 N–H and O–H groups in total. The molecule has 28 heavy (non-hydrogen) atoms. The number of esters is 1. The summed E-state index contributed by atoms with van der Waals surface area (Å²) in [5, 5.41) is 0. The molecule has 2 rings (SSSR count). The molecule has 156 valence electrons. The van der Waals surface area contributed by atoms with E-state index < -0.39 is 11.9 Å². The van der Waals surface area contributed by atoms with Crippen LogP contribution in [0.2, 0.25) is 0 Å². The van der Waals surface area contributed by atoms with Crippen LogP contribution in [0.25, 0.3) is 0 Å². The van der Waals surface area contributed by atoms with E-state index in [0.717, 1.165) is 44.8 Å². The minimum atomic E-state index is -0.837. The van der Waals surface area contributed by atoms with Crippen molar-refractivity contribution in [1.82, 2.24) is 9.80 Å². The zero-order valence-corrected chi connectivity index (χ0v) is 16.9. The van der Waals surface area contributed by atoms with Crippen molar-refractivity contribution >= 4 is 11.9 Å². The molecule has 0 unspecified atom stereocenters. The Hall–Kier alpha value is -2.32. The lowest BCUT2D eigenvalue weighted by atomic mass is 10.1. The first kappa shape index (κ1) is 22.0. The number of carbonyl (C=O) groups is 2. The second-order valence-electron chi connectivity index (χ2n) is 6.43. The normalized spacial score (nSPS) is 14.4. The Labute approximate surface area is 166 Å². The maximum atomic E-state index is 12.6. The highest BCUT2D eigenvalue weighted by molar-refractivity contribution is 6.32. The summed E-state index contributed by atoms with van der Waals surface area (Å²) >= 11 is 0. The van der Waals surface area contributed by atoms with Gasteiger partial charge in [-0.2, -0.15) is 0 Å². The van der Waals surface area contributed by atoms with Crippen LogP contribution < -0.4 is 9.47 Å². The molecular formula is C20H30N2O6. The third-order valence-corrected chi connectivity index (χ3v) is 4.59. The summed E-state index contributed by atoms with van der Waals surface area (Å²) in [5.41, 5.74) is 0.769. The molecule has 1 aromatic carbocycles. The van der Waals surface area contributed by atoms with Gasteiger partial charge in [-0.15, -0.1) is 0 Å². The first-order chi connectivity index (χ1) is 13.6. The second kappa shape index (κ2) is 11.5. The van der Waals surface area contributed by atoms with Crippen LogP contribution >= 0.6 is 0 Å². The fraction of sp³-hybridized carbons (Fsp3) is 0.600. The van der Waals surface area contributed by atoms with Crippen molar-refractivity contribution in [2.45, 2.75) is 19.9 Å². The van der Waals surface area contributed by atoms with Crippen LogP contribution in [-0.4, -0.2) is 81.9 Å². The maximum Gasteiger partial charge on any atom is 0.397 e.